The predicted octanol–water partition coefficient (Wildman–Crippen LogP) is 1.68. The highest BCUT2D eigenvalue weighted by atomic mass is 32.2. The van der Waals surface area contributed by atoms with Crippen molar-refractivity contribution >= 4 is 27.3 Å². The van der Waals surface area contributed by atoms with Crippen molar-refractivity contribution in [2.24, 2.45) is 5.14 Å². The molecule has 0 aliphatic heterocycles. The van der Waals surface area contributed by atoms with Gasteiger partial charge in [-0.25, -0.2) is 23.3 Å². The highest BCUT2D eigenvalue weighted by molar-refractivity contribution is 7.89. The number of hydrogen-bond donors (Lipinski definition) is 2. The number of nitrogens with zero attached hydrogens (tertiary/aromatic N) is 2. The van der Waals surface area contributed by atoms with Crippen molar-refractivity contribution in [3.63, 3.8) is 0 Å². The van der Waals surface area contributed by atoms with Gasteiger partial charge in [-0.05, 0) is 31.7 Å². The Morgan fingerprint density at radius 3 is 2.48 bits per heavy atom. The second kappa shape index (κ2) is 6.75. The maximum Gasteiger partial charge on any atom is 0.355 e. The number of hydrogen-bond acceptors (Lipinski definition) is 6. The summed E-state index contributed by atoms with van der Waals surface area (Å²) in [6.07, 6.45) is 0. The average molecular weight is 355 g/mol. The van der Waals surface area contributed by atoms with Gasteiger partial charge < -0.3 is 5.11 Å². The Labute approximate surface area is 138 Å². The first-order chi connectivity index (χ1) is 10.7. The van der Waals surface area contributed by atoms with Crippen LogP contribution in [0, 0.1) is 0 Å². The second-order valence-electron chi connectivity index (χ2n) is 5.14. The molecule has 0 saturated heterocycles. The molecule has 7 nitrogen and oxygen atoms in total. The molecule has 2 aromatic rings. The van der Waals surface area contributed by atoms with Gasteiger partial charge in [0.2, 0.25) is 10.0 Å². The fourth-order valence-corrected chi connectivity index (χ4v) is 3.37. The zero-order chi connectivity index (χ0) is 17.2. The average Bonchev–Trinajstić information content (AvgIpc) is 2.94. The van der Waals surface area contributed by atoms with E-state index in [0.717, 1.165) is 5.56 Å². The van der Waals surface area contributed by atoms with Crippen LogP contribution in [0.3, 0.4) is 0 Å². The van der Waals surface area contributed by atoms with Gasteiger partial charge in [0.05, 0.1) is 11.4 Å². The molecule has 0 fully saturated rings. The number of rotatable bonds is 6. The minimum atomic E-state index is -3.70. The molecular weight excluding hydrogens is 338 g/mol. The third kappa shape index (κ3) is 4.35. The van der Waals surface area contributed by atoms with E-state index in [9.17, 15) is 13.2 Å². The molecule has 0 aliphatic rings. The molecule has 1 heterocycles. The number of primary sulfonamides is 1. The number of carbonyl (C=O) groups is 1. The maximum absolute atomic E-state index is 11.3. The fraction of sp³-hybridized carbons (Fsp3) is 0.286. The molecule has 3 N–H and O–H groups in total. The Morgan fingerprint density at radius 1 is 1.39 bits per heavy atom. The van der Waals surface area contributed by atoms with Gasteiger partial charge in [0, 0.05) is 11.4 Å². The Hall–Kier alpha value is -1.81. The summed E-state index contributed by atoms with van der Waals surface area (Å²) in [7, 11) is -1.81. The first-order valence-corrected chi connectivity index (χ1v) is 9.12. The van der Waals surface area contributed by atoms with Crippen LogP contribution in [0.5, 0.6) is 0 Å². The van der Waals surface area contributed by atoms with E-state index >= 15 is 0 Å². The summed E-state index contributed by atoms with van der Waals surface area (Å²) in [5, 5.41) is 16.2. The van der Waals surface area contributed by atoms with Crippen molar-refractivity contribution in [2.45, 2.75) is 24.4 Å². The Bertz CT molecular complexity index is 800. The van der Waals surface area contributed by atoms with Gasteiger partial charge in [-0.2, -0.15) is 0 Å². The van der Waals surface area contributed by atoms with E-state index in [1.807, 2.05) is 18.9 Å². The zero-order valence-electron chi connectivity index (χ0n) is 12.6. The Balaban J connectivity index is 2.09. The first kappa shape index (κ1) is 17.5. The lowest BCUT2D eigenvalue weighted by atomic mass is 10.1. The Morgan fingerprint density at radius 2 is 2.00 bits per heavy atom. The Kier molecular flexibility index (Phi) is 5.15. The highest BCUT2D eigenvalue weighted by Crippen LogP contribution is 2.23. The second-order valence-corrected chi connectivity index (χ2v) is 7.64. The van der Waals surface area contributed by atoms with Crippen molar-refractivity contribution in [1.82, 2.24) is 9.88 Å². The van der Waals surface area contributed by atoms with Gasteiger partial charge >= 0.3 is 5.97 Å². The molecule has 0 spiro atoms. The molecule has 9 heteroatoms. The third-order valence-electron chi connectivity index (χ3n) is 3.51. The quantitative estimate of drug-likeness (QED) is 0.815. The minimum Gasteiger partial charge on any atom is -0.476 e. The van der Waals surface area contributed by atoms with E-state index in [2.05, 4.69) is 4.98 Å². The lowest BCUT2D eigenvalue weighted by Crippen LogP contribution is -2.22. The summed E-state index contributed by atoms with van der Waals surface area (Å²) < 4.78 is 22.5. The number of carboxylic acid groups (broad SMARTS) is 1. The topological polar surface area (TPSA) is 114 Å². The number of carboxylic acids is 1. The first-order valence-electron chi connectivity index (χ1n) is 6.69. The SMILES string of the molecule is CC(c1ccc(S(N)(=O)=O)cc1)N(C)Cc1nc(C(=O)O)cs1. The fourth-order valence-electron chi connectivity index (χ4n) is 2.02. The van der Waals surface area contributed by atoms with E-state index in [4.69, 9.17) is 10.2 Å². The van der Waals surface area contributed by atoms with Crippen LogP contribution < -0.4 is 5.14 Å². The number of aromatic nitrogens is 1. The summed E-state index contributed by atoms with van der Waals surface area (Å²) in [4.78, 5) is 17.0. The molecule has 0 amide bonds. The zero-order valence-corrected chi connectivity index (χ0v) is 14.3. The molecule has 0 aliphatic carbocycles. The van der Waals surface area contributed by atoms with Crippen LogP contribution >= 0.6 is 11.3 Å². The molecule has 1 atom stereocenters. The summed E-state index contributed by atoms with van der Waals surface area (Å²) >= 11 is 1.30. The van der Waals surface area contributed by atoms with Gasteiger partial charge in [0.25, 0.3) is 0 Å². The number of nitrogens with two attached hydrogens (primary N) is 1. The summed E-state index contributed by atoms with van der Waals surface area (Å²) in [6.45, 7) is 2.47. The van der Waals surface area contributed by atoms with Gasteiger partial charge in [0.1, 0.15) is 5.01 Å². The summed E-state index contributed by atoms with van der Waals surface area (Å²) in [5.41, 5.74) is 0.971. The van der Waals surface area contributed by atoms with Gasteiger partial charge in [0.15, 0.2) is 5.69 Å². The number of sulfonamides is 1. The molecule has 1 aromatic heterocycles. The third-order valence-corrected chi connectivity index (χ3v) is 5.27. The largest absolute Gasteiger partial charge is 0.476 e. The van der Waals surface area contributed by atoms with E-state index in [1.165, 1.54) is 28.8 Å². The lowest BCUT2D eigenvalue weighted by Gasteiger charge is -2.24. The molecule has 0 radical (unpaired) electrons. The van der Waals surface area contributed by atoms with Crippen molar-refractivity contribution in [2.75, 3.05) is 7.05 Å². The minimum absolute atomic E-state index is 0.00158. The molecule has 23 heavy (non-hydrogen) atoms. The highest BCUT2D eigenvalue weighted by Gasteiger charge is 2.16. The van der Waals surface area contributed by atoms with Crippen LogP contribution in [0.1, 0.15) is 34.0 Å². The standard InChI is InChI=1S/C14H17N3O4S2/c1-9(10-3-5-11(6-4-10)23(15,20)21)17(2)7-13-16-12(8-22-13)14(18)19/h3-6,8-9H,7H2,1-2H3,(H,18,19)(H2,15,20,21). The van der Waals surface area contributed by atoms with Crippen molar-refractivity contribution in [3.05, 3.63) is 45.9 Å². The van der Waals surface area contributed by atoms with Crippen molar-refractivity contribution in [3.8, 4) is 0 Å². The molecule has 124 valence electrons. The monoisotopic (exact) mass is 355 g/mol. The molecule has 0 bridgehead atoms. The van der Waals surface area contributed by atoms with Gasteiger partial charge in [-0.1, -0.05) is 12.1 Å². The predicted molar refractivity (Wildman–Crippen MR) is 86.8 cm³/mol. The molecule has 1 aromatic carbocycles. The number of benzene rings is 1. The molecule has 2 rings (SSSR count). The van der Waals surface area contributed by atoms with Crippen LogP contribution in [0.15, 0.2) is 34.5 Å². The van der Waals surface area contributed by atoms with Gasteiger partial charge in [-0.3, -0.25) is 4.90 Å². The smallest absolute Gasteiger partial charge is 0.355 e. The molecule has 1 unspecified atom stereocenters. The van der Waals surface area contributed by atoms with Crippen molar-refractivity contribution < 1.29 is 18.3 Å². The lowest BCUT2D eigenvalue weighted by molar-refractivity contribution is 0.0691. The summed E-state index contributed by atoms with van der Waals surface area (Å²) in [5.74, 6) is -1.04. The molecular formula is C14H17N3O4S2. The van der Waals surface area contributed by atoms with E-state index in [0.29, 0.717) is 11.6 Å². The van der Waals surface area contributed by atoms with Gasteiger partial charge in [-0.15, -0.1) is 11.3 Å². The maximum atomic E-state index is 11.3. The number of thiazole rings is 1. The van der Waals surface area contributed by atoms with E-state index < -0.39 is 16.0 Å². The van der Waals surface area contributed by atoms with E-state index in [-0.39, 0.29) is 16.6 Å². The summed E-state index contributed by atoms with van der Waals surface area (Å²) in [6, 6.07) is 6.38. The van der Waals surface area contributed by atoms with Crippen LogP contribution in [0.4, 0.5) is 0 Å². The molecule has 0 saturated carbocycles. The number of aromatic carboxylic acids is 1. The van der Waals surface area contributed by atoms with Crippen LogP contribution in [-0.4, -0.2) is 36.4 Å². The van der Waals surface area contributed by atoms with Crippen molar-refractivity contribution in [1.29, 1.82) is 0 Å². The normalized spacial score (nSPS) is 13.2. The van der Waals surface area contributed by atoms with Crippen LogP contribution in [0.2, 0.25) is 0 Å². The van der Waals surface area contributed by atoms with E-state index in [1.54, 1.807) is 12.1 Å². The van der Waals surface area contributed by atoms with Crippen LogP contribution in [-0.2, 0) is 16.6 Å². The van der Waals surface area contributed by atoms with Crippen LogP contribution in [0.25, 0.3) is 0 Å².